The van der Waals surface area contributed by atoms with E-state index in [1.165, 1.54) is 4.57 Å². The van der Waals surface area contributed by atoms with Gasteiger partial charge in [-0.3, -0.25) is 0 Å². The Balaban J connectivity index is 2.54. The van der Waals surface area contributed by atoms with E-state index in [1.807, 2.05) is 32.9 Å². The number of halogens is 2. The van der Waals surface area contributed by atoms with E-state index in [4.69, 9.17) is 16.3 Å². The number of hydrogen-bond acceptors (Lipinski definition) is 3. The molecule has 0 fully saturated rings. The number of fused-ring (bicyclic) bond motifs is 1. The van der Waals surface area contributed by atoms with Gasteiger partial charge in [0.05, 0.1) is 0 Å². The standard InChI is InChI=1S/C13H14BrClN2O2/c1-13(2,3)19-12(18)17-7-8(6-15)9-4-5-10(14)16-11(9)17/h4-5,7H,6H2,1-3H3. The average Bonchev–Trinajstić information content (AvgIpc) is 2.64. The smallest absolute Gasteiger partial charge is 0.420 e. The number of pyridine rings is 1. The number of aromatic nitrogens is 2. The number of alkyl halides is 1. The predicted octanol–water partition coefficient (Wildman–Crippen LogP) is 4.32. The molecule has 0 aliphatic carbocycles. The van der Waals surface area contributed by atoms with Gasteiger partial charge in [0, 0.05) is 17.5 Å². The molecule has 4 nitrogen and oxygen atoms in total. The highest BCUT2D eigenvalue weighted by atomic mass is 79.9. The summed E-state index contributed by atoms with van der Waals surface area (Å²) < 4.78 is 7.40. The van der Waals surface area contributed by atoms with Gasteiger partial charge in [-0.15, -0.1) is 11.6 Å². The molecule has 2 heterocycles. The maximum absolute atomic E-state index is 12.2. The average molecular weight is 346 g/mol. The molecule has 2 rings (SSSR count). The van der Waals surface area contributed by atoms with Gasteiger partial charge in [0.2, 0.25) is 0 Å². The Labute approximate surface area is 124 Å². The highest BCUT2D eigenvalue weighted by Gasteiger charge is 2.21. The molecule has 0 spiro atoms. The maximum atomic E-state index is 12.2. The molecule has 2 aromatic rings. The Morgan fingerprint density at radius 3 is 2.74 bits per heavy atom. The van der Waals surface area contributed by atoms with Gasteiger partial charge in [0.15, 0.2) is 5.65 Å². The topological polar surface area (TPSA) is 44.1 Å². The van der Waals surface area contributed by atoms with E-state index in [9.17, 15) is 4.79 Å². The summed E-state index contributed by atoms with van der Waals surface area (Å²) in [5.41, 5.74) is 0.836. The minimum Gasteiger partial charge on any atom is -0.443 e. The fourth-order valence-electron chi connectivity index (χ4n) is 1.70. The van der Waals surface area contributed by atoms with Crippen LogP contribution in [0, 0.1) is 0 Å². The summed E-state index contributed by atoms with van der Waals surface area (Å²) >= 11 is 9.19. The van der Waals surface area contributed by atoms with E-state index in [2.05, 4.69) is 20.9 Å². The van der Waals surface area contributed by atoms with Gasteiger partial charge in [0.1, 0.15) is 10.2 Å². The van der Waals surface area contributed by atoms with Gasteiger partial charge in [-0.2, -0.15) is 0 Å². The van der Waals surface area contributed by atoms with Crippen molar-refractivity contribution in [1.29, 1.82) is 0 Å². The second-order valence-electron chi connectivity index (χ2n) is 5.14. The molecule has 0 aliphatic rings. The molecule has 0 radical (unpaired) electrons. The summed E-state index contributed by atoms with van der Waals surface area (Å²) in [6.07, 6.45) is 1.21. The van der Waals surface area contributed by atoms with Crippen molar-refractivity contribution in [1.82, 2.24) is 9.55 Å². The molecule has 0 saturated heterocycles. The monoisotopic (exact) mass is 344 g/mol. The summed E-state index contributed by atoms with van der Waals surface area (Å²) in [7, 11) is 0. The quantitative estimate of drug-likeness (QED) is 0.571. The van der Waals surface area contributed by atoms with Crippen molar-refractivity contribution < 1.29 is 9.53 Å². The number of ether oxygens (including phenoxy) is 1. The first-order chi connectivity index (χ1) is 8.81. The fourth-order valence-corrected chi connectivity index (χ4v) is 2.22. The van der Waals surface area contributed by atoms with Crippen LogP contribution in [0.25, 0.3) is 11.0 Å². The number of carbonyl (C=O) groups excluding carboxylic acids is 1. The number of rotatable bonds is 1. The molecule has 19 heavy (non-hydrogen) atoms. The Kier molecular flexibility index (Phi) is 3.87. The van der Waals surface area contributed by atoms with Crippen LogP contribution in [0.5, 0.6) is 0 Å². The maximum Gasteiger partial charge on any atom is 0.420 e. The Morgan fingerprint density at radius 1 is 1.47 bits per heavy atom. The first kappa shape index (κ1) is 14.3. The molecule has 0 amide bonds. The van der Waals surface area contributed by atoms with Gasteiger partial charge in [0.25, 0.3) is 0 Å². The van der Waals surface area contributed by atoms with Gasteiger partial charge >= 0.3 is 6.09 Å². The molecular formula is C13H14BrClN2O2. The third-order valence-corrected chi connectivity index (χ3v) is 3.16. The van der Waals surface area contributed by atoms with Crippen LogP contribution in [-0.4, -0.2) is 21.2 Å². The lowest BCUT2D eigenvalue weighted by molar-refractivity contribution is 0.0543. The SMILES string of the molecule is CC(C)(C)OC(=O)n1cc(CCl)c2ccc(Br)nc21. The van der Waals surface area contributed by atoms with Gasteiger partial charge < -0.3 is 4.74 Å². The van der Waals surface area contributed by atoms with E-state index in [1.54, 1.807) is 6.20 Å². The van der Waals surface area contributed by atoms with Gasteiger partial charge in [-0.25, -0.2) is 14.3 Å². The lowest BCUT2D eigenvalue weighted by Crippen LogP contribution is -2.26. The van der Waals surface area contributed by atoms with Crippen LogP contribution in [0.4, 0.5) is 4.79 Å². The van der Waals surface area contributed by atoms with Crippen LogP contribution in [-0.2, 0) is 10.6 Å². The predicted molar refractivity (Wildman–Crippen MR) is 78.6 cm³/mol. The summed E-state index contributed by atoms with van der Waals surface area (Å²) in [6, 6.07) is 3.70. The molecular weight excluding hydrogens is 332 g/mol. The molecule has 0 saturated carbocycles. The zero-order valence-corrected chi connectivity index (χ0v) is 13.2. The number of nitrogens with zero attached hydrogens (tertiary/aromatic N) is 2. The first-order valence-electron chi connectivity index (χ1n) is 5.77. The lowest BCUT2D eigenvalue weighted by atomic mass is 10.2. The zero-order valence-electron chi connectivity index (χ0n) is 10.9. The molecule has 0 aromatic carbocycles. The molecule has 0 N–H and O–H groups in total. The molecule has 2 aromatic heterocycles. The van der Waals surface area contributed by atoms with Crippen molar-refractivity contribution in [2.45, 2.75) is 32.3 Å². The van der Waals surface area contributed by atoms with Crippen LogP contribution < -0.4 is 0 Å². The molecule has 0 unspecified atom stereocenters. The minimum atomic E-state index is -0.555. The van der Waals surface area contributed by atoms with Crippen molar-refractivity contribution in [3.05, 3.63) is 28.5 Å². The van der Waals surface area contributed by atoms with Crippen LogP contribution in [0.1, 0.15) is 26.3 Å². The second kappa shape index (κ2) is 5.13. The Morgan fingerprint density at radius 2 is 2.16 bits per heavy atom. The summed E-state index contributed by atoms with van der Waals surface area (Å²) in [6.45, 7) is 5.47. The van der Waals surface area contributed by atoms with Crippen LogP contribution in [0.2, 0.25) is 0 Å². The molecule has 6 heteroatoms. The van der Waals surface area contributed by atoms with Crippen LogP contribution in [0.3, 0.4) is 0 Å². The first-order valence-corrected chi connectivity index (χ1v) is 7.10. The summed E-state index contributed by atoms with van der Waals surface area (Å²) in [4.78, 5) is 16.5. The Hall–Kier alpha value is -1.07. The van der Waals surface area contributed by atoms with Crippen LogP contribution >= 0.6 is 27.5 Å². The fraction of sp³-hybridized carbons (Fsp3) is 0.385. The summed E-state index contributed by atoms with van der Waals surface area (Å²) in [5.74, 6) is 0.315. The third-order valence-electron chi connectivity index (χ3n) is 2.43. The second-order valence-corrected chi connectivity index (χ2v) is 6.22. The minimum absolute atomic E-state index is 0.315. The van der Waals surface area contributed by atoms with Gasteiger partial charge in [-0.05, 0) is 54.4 Å². The Bertz CT molecular complexity index is 631. The van der Waals surface area contributed by atoms with Gasteiger partial charge in [-0.1, -0.05) is 0 Å². The highest BCUT2D eigenvalue weighted by molar-refractivity contribution is 9.10. The van der Waals surface area contributed by atoms with Crippen LogP contribution in [0.15, 0.2) is 22.9 Å². The highest BCUT2D eigenvalue weighted by Crippen LogP contribution is 2.24. The van der Waals surface area contributed by atoms with E-state index in [0.717, 1.165) is 10.9 Å². The summed E-state index contributed by atoms with van der Waals surface area (Å²) in [5, 5.41) is 0.851. The zero-order chi connectivity index (χ0) is 14.2. The molecule has 0 atom stereocenters. The normalized spacial score (nSPS) is 11.8. The van der Waals surface area contributed by atoms with Crippen molar-refractivity contribution in [2.24, 2.45) is 0 Å². The third kappa shape index (κ3) is 3.09. The largest absolute Gasteiger partial charge is 0.443 e. The van der Waals surface area contributed by atoms with E-state index < -0.39 is 11.7 Å². The van der Waals surface area contributed by atoms with Crippen molar-refractivity contribution in [2.75, 3.05) is 0 Å². The van der Waals surface area contributed by atoms with Crippen molar-refractivity contribution in [3.8, 4) is 0 Å². The molecule has 102 valence electrons. The van der Waals surface area contributed by atoms with E-state index >= 15 is 0 Å². The molecule has 0 bridgehead atoms. The van der Waals surface area contributed by atoms with E-state index in [-0.39, 0.29) is 0 Å². The molecule has 0 aliphatic heterocycles. The van der Waals surface area contributed by atoms with E-state index in [0.29, 0.717) is 16.1 Å². The number of hydrogen-bond donors (Lipinski definition) is 0. The van der Waals surface area contributed by atoms with Crippen molar-refractivity contribution in [3.63, 3.8) is 0 Å². The number of carbonyl (C=O) groups is 1. The van der Waals surface area contributed by atoms with Crippen molar-refractivity contribution >= 4 is 44.7 Å². The lowest BCUT2D eigenvalue weighted by Gasteiger charge is -2.19.